The van der Waals surface area contributed by atoms with Gasteiger partial charge in [-0.1, -0.05) is 12.1 Å². The van der Waals surface area contributed by atoms with Gasteiger partial charge in [-0.2, -0.15) is 0 Å². The summed E-state index contributed by atoms with van der Waals surface area (Å²) in [4.78, 5) is 21.3. The monoisotopic (exact) mass is 237 g/mol. The first kappa shape index (κ1) is 13.0. The number of benzene rings is 1. The van der Waals surface area contributed by atoms with Gasteiger partial charge in [-0.05, 0) is 18.6 Å². The summed E-state index contributed by atoms with van der Waals surface area (Å²) in [5, 5.41) is 11.1. The molecule has 5 heteroatoms. The fraction of sp³-hybridized carbons (Fsp3) is 0.333. The van der Waals surface area contributed by atoms with Crippen LogP contribution in [-0.4, -0.2) is 23.6 Å². The van der Waals surface area contributed by atoms with Crippen molar-refractivity contribution in [3.8, 4) is 5.75 Å². The van der Waals surface area contributed by atoms with Crippen molar-refractivity contribution in [2.45, 2.75) is 19.8 Å². The third kappa shape index (κ3) is 5.01. The van der Waals surface area contributed by atoms with Gasteiger partial charge in [-0.3, -0.25) is 9.59 Å². The Labute approximate surface area is 99.4 Å². The van der Waals surface area contributed by atoms with Crippen LogP contribution in [0.15, 0.2) is 24.3 Å². The van der Waals surface area contributed by atoms with E-state index in [1.54, 1.807) is 24.3 Å². The van der Waals surface area contributed by atoms with E-state index in [0.29, 0.717) is 24.5 Å². The maximum absolute atomic E-state index is 10.9. The summed E-state index contributed by atoms with van der Waals surface area (Å²) in [7, 11) is 0. The number of aliphatic carboxylic acids is 1. The molecule has 1 aromatic carbocycles. The quantitative estimate of drug-likeness (QED) is 0.741. The molecule has 0 atom stereocenters. The van der Waals surface area contributed by atoms with E-state index in [2.05, 4.69) is 5.32 Å². The van der Waals surface area contributed by atoms with Crippen LogP contribution in [0, 0.1) is 0 Å². The number of nitrogens with one attached hydrogen (secondary N) is 1. The molecule has 1 rings (SSSR count). The summed E-state index contributed by atoms with van der Waals surface area (Å²) >= 11 is 0. The maximum atomic E-state index is 10.9. The zero-order valence-electron chi connectivity index (χ0n) is 9.60. The van der Waals surface area contributed by atoms with Crippen LogP contribution in [0.4, 0.5) is 5.69 Å². The third-order valence-corrected chi connectivity index (χ3v) is 1.99. The Hall–Kier alpha value is -2.04. The van der Waals surface area contributed by atoms with Crippen LogP contribution in [0.1, 0.15) is 19.8 Å². The van der Waals surface area contributed by atoms with Gasteiger partial charge in [0, 0.05) is 13.3 Å². The number of ether oxygens (including phenoxy) is 1. The van der Waals surface area contributed by atoms with Crippen LogP contribution in [0.2, 0.25) is 0 Å². The van der Waals surface area contributed by atoms with Crippen molar-refractivity contribution in [3.63, 3.8) is 0 Å². The van der Waals surface area contributed by atoms with E-state index in [4.69, 9.17) is 9.84 Å². The van der Waals surface area contributed by atoms with E-state index in [9.17, 15) is 9.59 Å². The lowest BCUT2D eigenvalue weighted by molar-refractivity contribution is -0.137. The summed E-state index contributed by atoms with van der Waals surface area (Å²) in [6.45, 7) is 1.73. The summed E-state index contributed by atoms with van der Waals surface area (Å²) in [6, 6.07) is 7.03. The third-order valence-electron chi connectivity index (χ3n) is 1.99. The molecule has 2 N–H and O–H groups in total. The molecular formula is C12H15NO4. The molecule has 0 saturated carbocycles. The largest absolute Gasteiger partial charge is 0.491 e. The van der Waals surface area contributed by atoms with Gasteiger partial charge < -0.3 is 15.2 Å². The van der Waals surface area contributed by atoms with Crippen molar-refractivity contribution in [3.05, 3.63) is 24.3 Å². The minimum absolute atomic E-state index is 0.0717. The normalized spacial score (nSPS) is 9.71. The Kier molecular flexibility index (Phi) is 5.00. The zero-order valence-corrected chi connectivity index (χ0v) is 9.60. The number of amides is 1. The van der Waals surface area contributed by atoms with Gasteiger partial charge in [0.15, 0.2) is 0 Å². The number of carbonyl (C=O) groups is 2. The van der Waals surface area contributed by atoms with E-state index in [0.717, 1.165) is 0 Å². The van der Waals surface area contributed by atoms with Crippen molar-refractivity contribution in [1.29, 1.82) is 0 Å². The van der Waals surface area contributed by atoms with Crippen LogP contribution in [0.25, 0.3) is 0 Å². The summed E-state index contributed by atoms with van der Waals surface area (Å²) in [5.41, 5.74) is 0.593. The molecule has 1 amide bonds. The minimum atomic E-state index is -0.844. The van der Waals surface area contributed by atoms with E-state index in [1.165, 1.54) is 6.92 Å². The standard InChI is InChI=1S/C12H15NO4/c1-9(14)13-10-5-2-3-6-11(10)17-8-4-7-12(15)16/h2-3,5-6H,4,7-8H2,1H3,(H,13,14)(H,15,16). The first-order valence-corrected chi connectivity index (χ1v) is 5.31. The number of carboxylic acids is 1. The number of hydrogen-bond acceptors (Lipinski definition) is 3. The first-order valence-electron chi connectivity index (χ1n) is 5.31. The Morgan fingerprint density at radius 2 is 2.06 bits per heavy atom. The highest BCUT2D eigenvalue weighted by Gasteiger charge is 2.04. The van der Waals surface area contributed by atoms with Gasteiger partial charge in [-0.25, -0.2) is 0 Å². The van der Waals surface area contributed by atoms with E-state index < -0.39 is 5.97 Å². The molecule has 0 saturated heterocycles. The van der Waals surface area contributed by atoms with Crippen molar-refractivity contribution in [2.75, 3.05) is 11.9 Å². The van der Waals surface area contributed by atoms with Gasteiger partial charge in [0.05, 0.1) is 12.3 Å². The van der Waals surface area contributed by atoms with E-state index >= 15 is 0 Å². The number of para-hydroxylation sites is 2. The molecule has 0 bridgehead atoms. The molecule has 5 nitrogen and oxygen atoms in total. The van der Waals surface area contributed by atoms with Crippen LogP contribution >= 0.6 is 0 Å². The van der Waals surface area contributed by atoms with Gasteiger partial charge in [0.2, 0.25) is 5.91 Å². The minimum Gasteiger partial charge on any atom is -0.491 e. The Bertz CT molecular complexity index is 403. The summed E-state index contributed by atoms with van der Waals surface area (Å²) in [6.07, 6.45) is 0.506. The fourth-order valence-corrected chi connectivity index (χ4v) is 1.29. The van der Waals surface area contributed by atoms with Crippen molar-refractivity contribution < 1.29 is 19.4 Å². The highest BCUT2D eigenvalue weighted by atomic mass is 16.5. The molecule has 0 aliphatic carbocycles. The number of carbonyl (C=O) groups excluding carboxylic acids is 1. The van der Waals surface area contributed by atoms with Crippen LogP contribution in [-0.2, 0) is 9.59 Å². The fourth-order valence-electron chi connectivity index (χ4n) is 1.29. The molecule has 0 fully saturated rings. The topological polar surface area (TPSA) is 75.6 Å². The second-order valence-corrected chi connectivity index (χ2v) is 3.52. The second kappa shape index (κ2) is 6.52. The van der Waals surface area contributed by atoms with Crippen molar-refractivity contribution in [1.82, 2.24) is 0 Å². The molecule has 0 aliphatic rings. The molecule has 0 unspecified atom stereocenters. The number of rotatable bonds is 6. The van der Waals surface area contributed by atoms with Crippen LogP contribution in [0.5, 0.6) is 5.75 Å². The van der Waals surface area contributed by atoms with Gasteiger partial charge in [0.25, 0.3) is 0 Å². The van der Waals surface area contributed by atoms with Crippen LogP contribution < -0.4 is 10.1 Å². The Morgan fingerprint density at radius 3 is 2.71 bits per heavy atom. The molecule has 0 radical (unpaired) electrons. The van der Waals surface area contributed by atoms with Crippen molar-refractivity contribution >= 4 is 17.6 Å². The Balaban J connectivity index is 2.51. The molecule has 17 heavy (non-hydrogen) atoms. The van der Waals surface area contributed by atoms with E-state index in [-0.39, 0.29) is 12.3 Å². The number of carboxylic acid groups (broad SMARTS) is 1. The average Bonchev–Trinajstić information content (AvgIpc) is 2.25. The smallest absolute Gasteiger partial charge is 0.303 e. The molecule has 0 heterocycles. The first-order chi connectivity index (χ1) is 8.09. The number of hydrogen-bond donors (Lipinski definition) is 2. The van der Waals surface area contributed by atoms with E-state index in [1.807, 2.05) is 0 Å². The predicted molar refractivity (Wildman–Crippen MR) is 63.1 cm³/mol. The van der Waals surface area contributed by atoms with Crippen LogP contribution in [0.3, 0.4) is 0 Å². The lowest BCUT2D eigenvalue weighted by Gasteiger charge is -2.10. The van der Waals surface area contributed by atoms with Gasteiger partial charge in [0.1, 0.15) is 5.75 Å². The lowest BCUT2D eigenvalue weighted by atomic mass is 10.3. The lowest BCUT2D eigenvalue weighted by Crippen LogP contribution is -2.08. The summed E-state index contributed by atoms with van der Waals surface area (Å²) < 4.78 is 5.41. The summed E-state index contributed by atoms with van der Waals surface area (Å²) in [5.74, 6) is -0.469. The SMILES string of the molecule is CC(=O)Nc1ccccc1OCCCC(=O)O. The highest BCUT2D eigenvalue weighted by Crippen LogP contribution is 2.23. The average molecular weight is 237 g/mol. The molecule has 92 valence electrons. The zero-order chi connectivity index (χ0) is 12.7. The Morgan fingerprint density at radius 1 is 1.35 bits per heavy atom. The molecule has 0 aliphatic heterocycles. The molecular weight excluding hydrogens is 222 g/mol. The highest BCUT2D eigenvalue weighted by molar-refractivity contribution is 5.90. The van der Waals surface area contributed by atoms with Crippen molar-refractivity contribution in [2.24, 2.45) is 0 Å². The maximum Gasteiger partial charge on any atom is 0.303 e. The molecule has 0 aromatic heterocycles. The molecule has 1 aromatic rings. The van der Waals surface area contributed by atoms with Gasteiger partial charge in [-0.15, -0.1) is 0 Å². The number of anilines is 1. The van der Waals surface area contributed by atoms with Gasteiger partial charge >= 0.3 is 5.97 Å². The molecule has 0 spiro atoms. The predicted octanol–water partition coefficient (Wildman–Crippen LogP) is 1.89. The second-order valence-electron chi connectivity index (χ2n) is 3.52.